The minimum Gasteiger partial charge on any atom is -0.379 e. The van der Waals surface area contributed by atoms with Crippen LogP contribution in [0, 0.1) is 0 Å². The van der Waals surface area contributed by atoms with Gasteiger partial charge in [0.2, 0.25) is 5.91 Å². The lowest BCUT2D eigenvalue weighted by Crippen LogP contribution is -2.52. The van der Waals surface area contributed by atoms with Crippen molar-refractivity contribution >= 4 is 5.91 Å². The summed E-state index contributed by atoms with van der Waals surface area (Å²) in [7, 11) is 0. The molecule has 0 aromatic carbocycles. The van der Waals surface area contributed by atoms with Gasteiger partial charge in [0.15, 0.2) is 0 Å². The number of morpholine rings is 1. The second-order valence-electron chi connectivity index (χ2n) is 6.47. The van der Waals surface area contributed by atoms with Crippen LogP contribution in [0.5, 0.6) is 0 Å². The standard InChI is InChI=1S/C17H28N4O2/c1-2-16-18-6-8-20(16)14-17(22)21-7-4-3-5-15(21)13-19-9-11-23-12-10-19/h6,8,15H,2-5,7,9-14H2,1H3/t15-/m0/s1. The van der Waals surface area contributed by atoms with E-state index in [9.17, 15) is 4.79 Å². The fourth-order valence-electron chi connectivity index (χ4n) is 3.64. The van der Waals surface area contributed by atoms with Crippen LogP contribution in [0.2, 0.25) is 0 Å². The number of aryl methyl sites for hydroxylation is 1. The van der Waals surface area contributed by atoms with Crippen molar-refractivity contribution in [3.8, 4) is 0 Å². The van der Waals surface area contributed by atoms with Gasteiger partial charge < -0.3 is 14.2 Å². The SMILES string of the molecule is CCc1nccn1CC(=O)N1CCCC[C@H]1CN1CCOCC1. The third-order valence-corrected chi connectivity index (χ3v) is 4.94. The molecular weight excluding hydrogens is 292 g/mol. The van der Waals surface area contributed by atoms with Crippen LogP contribution >= 0.6 is 0 Å². The number of amides is 1. The van der Waals surface area contributed by atoms with Gasteiger partial charge in [-0.1, -0.05) is 6.92 Å². The van der Waals surface area contributed by atoms with Gasteiger partial charge in [0, 0.05) is 51.0 Å². The van der Waals surface area contributed by atoms with Gasteiger partial charge in [-0.15, -0.1) is 0 Å². The summed E-state index contributed by atoms with van der Waals surface area (Å²) in [6.45, 7) is 7.98. The first kappa shape index (κ1) is 16.5. The molecule has 1 aromatic heterocycles. The summed E-state index contributed by atoms with van der Waals surface area (Å²) >= 11 is 0. The number of nitrogens with zero attached hydrogens (tertiary/aromatic N) is 4. The summed E-state index contributed by atoms with van der Waals surface area (Å²) in [5.74, 6) is 1.22. The van der Waals surface area contributed by atoms with Crippen molar-refractivity contribution < 1.29 is 9.53 Å². The summed E-state index contributed by atoms with van der Waals surface area (Å²) in [6, 6.07) is 0.350. The number of likely N-dealkylation sites (tertiary alicyclic amines) is 1. The zero-order chi connectivity index (χ0) is 16.1. The highest BCUT2D eigenvalue weighted by molar-refractivity contribution is 5.76. The fourth-order valence-corrected chi connectivity index (χ4v) is 3.64. The van der Waals surface area contributed by atoms with Crippen LogP contribution in [0.15, 0.2) is 12.4 Å². The summed E-state index contributed by atoms with van der Waals surface area (Å²) in [5, 5.41) is 0. The monoisotopic (exact) mass is 320 g/mol. The lowest BCUT2D eigenvalue weighted by atomic mass is 10.0. The van der Waals surface area contributed by atoms with Gasteiger partial charge in [-0.25, -0.2) is 4.98 Å². The molecule has 3 heterocycles. The van der Waals surface area contributed by atoms with Crippen molar-refractivity contribution in [2.24, 2.45) is 0 Å². The normalized spacial score (nSPS) is 23.2. The van der Waals surface area contributed by atoms with E-state index >= 15 is 0 Å². The minimum atomic E-state index is 0.232. The molecule has 0 unspecified atom stereocenters. The van der Waals surface area contributed by atoms with Crippen LogP contribution in [0.1, 0.15) is 32.0 Å². The number of piperidine rings is 1. The largest absolute Gasteiger partial charge is 0.379 e. The Labute approximate surface area is 138 Å². The van der Waals surface area contributed by atoms with E-state index in [0.717, 1.165) is 64.5 Å². The Bertz CT molecular complexity index is 510. The van der Waals surface area contributed by atoms with Crippen LogP contribution in [0.3, 0.4) is 0 Å². The molecule has 1 amide bonds. The molecule has 128 valence electrons. The zero-order valence-corrected chi connectivity index (χ0v) is 14.1. The Morgan fingerprint density at radius 3 is 2.91 bits per heavy atom. The molecule has 0 bridgehead atoms. The molecule has 23 heavy (non-hydrogen) atoms. The highest BCUT2D eigenvalue weighted by Gasteiger charge is 2.29. The molecule has 6 heteroatoms. The van der Waals surface area contributed by atoms with Gasteiger partial charge in [-0.05, 0) is 19.3 Å². The van der Waals surface area contributed by atoms with E-state index in [2.05, 4.69) is 21.7 Å². The molecule has 2 saturated heterocycles. The molecular formula is C17H28N4O2. The molecule has 0 saturated carbocycles. The first-order valence-corrected chi connectivity index (χ1v) is 8.87. The van der Waals surface area contributed by atoms with E-state index in [4.69, 9.17) is 4.74 Å². The second-order valence-corrected chi connectivity index (χ2v) is 6.47. The Balaban J connectivity index is 1.61. The van der Waals surface area contributed by atoms with Gasteiger partial charge >= 0.3 is 0 Å². The molecule has 1 aromatic rings. The van der Waals surface area contributed by atoms with Crippen molar-refractivity contribution in [3.63, 3.8) is 0 Å². The topological polar surface area (TPSA) is 50.6 Å². The second kappa shape index (κ2) is 7.93. The molecule has 2 aliphatic heterocycles. The fraction of sp³-hybridized carbons (Fsp3) is 0.765. The van der Waals surface area contributed by atoms with Crippen LogP contribution in [-0.2, 0) is 22.5 Å². The third kappa shape index (κ3) is 4.12. The molecule has 0 spiro atoms. The maximum Gasteiger partial charge on any atom is 0.242 e. The average molecular weight is 320 g/mol. The molecule has 6 nitrogen and oxygen atoms in total. The van der Waals surface area contributed by atoms with Crippen LogP contribution in [-0.4, -0.2) is 70.7 Å². The Morgan fingerprint density at radius 1 is 1.30 bits per heavy atom. The highest BCUT2D eigenvalue weighted by Crippen LogP contribution is 2.19. The maximum absolute atomic E-state index is 12.8. The van der Waals surface area contributed by atoms with Crippen molar-refractivity contribution in [2.75, 3.05) is 39.4 Å². The molecule has 1 atom stereocenters. The van der Waals surface area contributed by atoms with E-state index in [-0.39, 0.29) is 5.91 Å². The maximum atomic E-state index is 12.8. The quantitative estimate of drug-likeness (QED) is 0.817. The van der Waals surface area contributed by atoms with Gasteiger partial charge in [0.25, 0.3) is 0 Å². The number of rotatable bonds is 5. The van der Waals surface area contributed by atoms with Crippen LogP contribution < -0.4 is 0 Å². The molecule has 0 radical (unpaired) electrons. The Morgan fingerprint density at radius 2 is 2.13 bits per heavy atom. The van der Waals surface area contributed by atoms with E-state index in [1.807, 2.05) is 10.8 Å². The Hall–Kier alpha value is -1.40. The number of carbonyl (C=O) groups is 1. The van der Waals surface area contributed by atoms with Gasteiger partial charge in [0.1, 0.15) is 12.4 Å². The third-order valence-electron chi connectivity index (χ3n) is 4.94. The number of ether oxygens (including phenoxy) is 1. The van der Waals surface area contributed by atoms with E-state index in [1.54, 1.807) is 6.20 Å². The first-order valence-electron chi connectivity index (χ1n) is 8.87. The van der Waals surface area contributed by atoms with Crippen molar-refractivity contribution in [1.82, 2.24) is 19.4 Å². The molecule has 2 aliphatic rings. The van der Waals surface area contributed by atoms with E-state index in [1.165, 1.54) is 6.42 Å². The first-order chi connectivity index (χ1) is 11.3. The van der Waals surface area contributed by atoms with E-state index in [0.29, 0.717) is 12.6 Å². The Kier molecular flexibility index (Phi) is 5.67. The predicted octanol–water partition coefficient (Wildman–Crippen LogP) is 1.16. The minimum absolute atomic E-state index is 0.232. The lowest BCUT2D eigenvalue weighted by Gasteiger charge is -2.39. The molecule has 0 N–H and O–H groups in total. The van der Waals surface area contributed by atoms with Crippen molar-refractivity contribution in [1.29, 1.82) is 0 Å². The summed E-state index contributed by atoms with van der Waals surface area (Å²) in [5.41, 5.74) is 0. The number of carbonyl (C=O) groups excluding carboxylic acids is 1. The van der Waals surface area contributed by atoms with Gasteiger partial charge in [-0.3, -0.25) is 9.69 Å². The van der Waals surface area contributed by atoms with Crippen molar-refractivity contribution in [2.45, 2.75) is 45.2 Å². The van der Waals surface area contributed by atoms with Crippen LogP contribution in [0.4, 0.5) is 0 Å². The average Bonchev–Trinajstić information content (AvgIpc) is 3.03. The summed E-state index contributed by atoms with van der Waals surface area (Å²) < 4.78 is 7.42. The number of hydrogen-bond acceptors (Lipinski definition) is 4. The predicted molar refractivity (Wildman–Crippen MR) is 88.2 cm³/mol. The smallest absolute Gasteiger partial charge is 0.242 e. The van der Waals surface area contributed by atoms with E-state index < -0.39 is 0 Å². The van der Waals surface area contributed by atoms with Crippen LogP contribution in [0.25, 0.3) is 0 Å². The molecule has 3 rings (SSSR count). The highest BCUT2D eigenvalue weighted by atomic mass is 16.5. The van der Waals surface area contributed by atoms with Gasteiger partial charge in [-0.2, -0.15) is 0 Å². The number of hydrogen-bond donors (Lipinski definition) is 0. The lowest BCUT2D eigenvalue weighted by molar-refractivity contribution is -0.136. The number of aromatic nitrogens is 2. The zero-order valence-electron chi connectivity index (χ0n) is 14.1. The van der Waals surface area contributed by atoms with Crippen molar-refractivity contribution in [3.05, 3.63) is 18.2 Å². The molecule has 0 aliphatic carbocycles. The summed E-state index contributed by atoms with van der Waals surface area (Å²) in [6.07, 6.45) is 8.02. The molecule has 2 fully saturated rings. The number of imidazole rings is 1. The van der Waals surface area contributed by atoms with Gasteiger partial charge in [0.05, 0.1) is 13.2 Å². The summed E-state index contributed by atoms with van der Waals surface area (Å²) in [4.78, 5) is 21.7.